The minimum atomic E-state index is -1.09. The Morgan fingerprint density at radius 3 is 2.88 bits per heavy atom. The summed E-state index contributed by atoms with van der Waals surface area (Å²) < 4.78 is 0. The van der Waals surface area contributed by atoms with E-state index in [-0.39, 0.29) is 16.4 Å². The molecule has 0 fully saturated rings. The van der Waals surface area contributed by atoms with Crippen LogP contribution in [0.4, 0.5) is 5.69 Å². The van der Waals surface area contributed by atoms with Crippen LogP contribution in [-0.2, 0) is 0 Å². The highest BCUT2D eigenvalue weighted by molar-refractivity contribution is 7.12. The number of tetrazole rings is 1. The minimum Gasteiger partial charge on any atom is -0.477 e. The number of nitrogens with one attached hydrogen (secondary N) is 2. The molecule has 8 nitrogen and oxygen atoms in total. The largest absolute Gasteiger partial charge is 0.477 e. The molecule has 17 heavy (non-hydrogen) atoms. The number of rotatable bonds is 3. The van der Waals surface area contributed by atoms with Gasteiger partial charge >= 0.3 is 5.97 Å². The molecular weight excluding hydrogens is 246 g/mol. The van der Waals surface area contributed by atoms with Gasteiger partial charge in [-0.2, -0.15) is 5.21 Å². The Kier molecular flexibility index (Phi) is 2.83. The number of H-pyrrole nitrogens is 1. The van der Waals surface area contributed by atoms with E-state index in [9.17, 15) is 9.59 Å². The van der Waals surface area contributed by atoms with E-state index >= 15 is 0 Å². The van der Waals surface area contributed by atoms with Crippen molar-refractivity contribution in [2.75, 3.05) is 5.32 Å². The maximum Gasteiger partial charge on any atom is 0.348 e. The van der Waals surface area contributed by atoms with Gasteiger partial charge in [0.2, 0.25) is 0 Å². The molecule has 1 amide bonds. The Balaban J connectivity index is 2.27. The van der Waals surface area contributed by atoms with Crippen molar-refractivity contribution in [2.45, 2.75) is 6.92 Å². The van der Waals surface area contributed by atoms with E-state index < -0.39 is 11.9 Å². The van der Waals surface area contributed by atoms with Gasteiger partial charge in [-0.15, -0.1) is 21.5 Å². The predicted molar refractivity (Wildman–Crippen MR) is 58.1 cm³/mol. The fourth-order valence-corrected chi connectivity index (χ4v) is 2.03. The van der Waals surface area contributed by atoms with Crippen molar-refractivity contribution < 1.29 is 14.7 Å². The molecule has 3 N–H and O–H groups in total. The summed E-state index contributed by atoms with van der Waals surface area (Å²) in [5, 5.41) is 25.4. The highest BCUT2D eigenvalue weighted by Crippen LogP contribution is 2.27. The van der Waals surface area contributed by atoms with Gasteiger partial charge in [0.1, 0.15) is 4.88 Å². The smallest absolute Gasteiger partial charge is 0.348 e. The fraction of sp³-hybridized carbons (Fsp3) is 0.125. The average molecular weight is 253 g/mol. The minimum absolute atomic E-state index is 0.0688. The van der Waals surface area contributed by atoms with Crippen LogP contribution in [0.2, 0.25) is 0 Å². The van der Waals surface area contributed by atoms with Crippen molar-refractivity contribution in [3.63, 3.8) is 0 Å². The zero-order valence-electron chi connectivity index (χ0n) is 8.59. The molecule has 9 heteroatoms. The van der Waals surface area contributed by atoms with E-state index in [1.807, 2.05) is 0 Å². The first-order valence-corrected chi connectivity index (χ1v) is 5.33. The van der Waals surface area contributed by atoms with Crippen molar-refractivity contribution in [1.29, 1.82) is 0 Å². The second-order valence-electron chi connectivity index (χ2n) is 3.12. The lowest BCUT2D eigenvalue weighted by atomic mass is 10.2. The number of aromatic nitrogens is 4. The summed E-state index contributed by atoms with van der Waals surface area (Å²) in [5.74, 6) is -1.85. The molecule has 2 aromatic heterocycles. The average Bonchev–Trinajstić information content (AvgIpc) is 2.89. The first-order chi connectivity index (χ1) is 8.09. The van der Waals surface area contributed by atoms with E-state index in [1.54, 1.807) is 12.3 Å². The Morgan fingerprint density at radius 2 is 2.29 bits per heavy atom. The van der Waals surface area contributed by atoms with Gasteiger partial charge in [0, 0.05) is 0 Å². The van der Waals surface area contributed by atoms with Gasteiger partial charge in [-0.1, -0.05) is 0 Å². The molecule has 0 aliphatic heterocycles. The topological polar surface area (TPSA) is 121 Å². The highest BCUT2D eigenvalue weighted by atomic mass is 32.1. The molecule has 88 valence electrons. The standard InChI is InChI=1S/C8H7N5O3S/c1-3-2-17-5(8(15)16)4(3)9-7(14)6-10-12-13-11-6/h2H,1H3,(H,9,14)(H,15,16)(H,10,11,12,13). The van der Waals surface area contributed by atoms with Crippen molar-refractivity contribution in [3.05, 3.63) is 21.6 Å². The number of nitrogens with zero attached hydrogens (tertiary/aromatic N) is 3. The van der Waals surface area contributed by atoms with Gasteiger partial charge in [0.15, 0.2) is 0 Å². The van der Waals surface area contributed by atoms with Gasteiger partial charge in [-0.05, 0) is 23.1 Å². The summed E-state index contributed by atoms with van der Waals surface area (Å²) in [5.41, 5.74) is 0.932. The van der Waals surface area contributed by atoms with Crippen LogP contribution in [0.5, 0.6) is 0 Å². The van der Waals surface area contributed by atoms with Gasteiger partial charge in [0.25, 0.3) is 11.7 Å². The lowest BCUT2D eigenvalue weighted by Crippen LogP contribution is -2.15. The lowest BCUT2D eigenvalue weighted by molar-refractivity contribution is 0.0703. The number of aryl methyl sites for hydroxylation is 1. The molecule has 2 heterocycles. The van der Waals surface area contributed by atoms with Gasteiger partial charge in [-0.25, -0.2) is 4.79 Å². The molecule has 2 rings (SSSR count). The Bertz CT molecular complexity index is 562. The highest BCUT2D eigenvalue weighted by Gasteiger charge is 2.19. The summed E-state index contributed by atoms with van der Waals surface area (Å²) in [7, 11) is 0. The van der Waals surface area contributed by atoms with Crippen molar-refractivity contribution >= 4 is 28.9 Å². The zero-order chi connectivity index (χ0) is 12.4. The molecule has 0 saturated heterocycles. The van der Waals surface area contributed by atoms with Crippen LogP contribution in [0.1, 0.15) is 25.9 Å². The SMILES string of the molecule is Cc1csc(C(=O)O)c1NC(=O)c1nn[nH]n1. The van der Waals surface area contributed by atoms with E-state index in [1.165, 1.54) is 0 Å². The number of aromatic carboxylic acids is 1. The molecule has 0 aliphatic rings. The van der Waals surface area contributed by atoms with Crippen LogP contribution in [-0.4, -0.2) is 37.6 Å². The molecule has 0 atom stereocenters. The number of carbonyl (C=O) groups excluding carboxylic acids is 1. The fourth-order valence-electron chi connectivity index (χ4n) is 1.18. The quantitative estimate of drug-likeness (QED) is 0.733. The summed E-state index contributed by atoms with van der Waals surface area (Å²) >= 11 is 1.04. The maximum atomic E-state index is 11.6. The van der Waals surface area contributed by atoms with Crippen LogP contribution in [0.3, 0.4) is 0 Å². The molecule has 0 spiro atoms. The van der Waals surface area contributed by atoms with E-state index in [2.05, 4.69) is 25.9 Å². The molecule has 0 radical (unpaired) electrons. The molecule has 2 aromatic rings. The summed E-state index contributed by atoms with van der Waals surface area (Å²) in [6.07, 6.45) is 0. The lowest BCUT2D eigenvalue weighted by Gasteiger charge is -2.02. The number of hydrogen-bond donors (Lipinski definition) is 3. The number of amides is 1. The third-order valence-electron chi connectivity index (χ3n) is 1.96. The van der Waals surface area contributed by atoms with E-state index in [0.29, 0.717) is 5.56 Å². The maximum absolute atomic E-state index is 11.6. The van der Waals surface area contributed by atoms with Crippen LogP contribution < -0.4 is 5.32 Å². The number of carboxylic acids is 1. The number of thiophene rings is 1. The molecule has 0 aromatic carbocycles. The van der Waals surface area contributed by atoms with Gasteiger partial charge < -0.3 is 10.4 Å². The first-order valence-electron chi connectivity index (χ1n) is 4.45. The number of aromatic amines is 1. The summed E-state index contributed by atoms with van der Waals surface area (Å²) in [4.78, 5) is 22.6. The van der Waals surface area contributed by atoms with Crippen LogP contribution in [0, 0.1) is 6.92 Å². The molecule has 0 unspecified atom stereocenters. The molecule has 0 saturated carbocycles. The normalized spacial score (nSPS) is 10.2. The van der Waals surface area contributed by atoms with Crippen LogP contribution in [0.25, 0.3) is 0 Å². The third kappa shape index (κ3) is 2.13. The van der Waals surface area contributed by atoms with Gasteiger partial charge in [0.05, 0.1) is 5.69 Å². The third-order valence-corrected chi connectivity index (χ3v) is 3.04. The molecular formula is C8H7N5O3S. The number of hydrogen-bond acceptors (Lipinski definition) is 6. The molecule has 0 bridgehead atoms. The number of carboxylic acid groups (broad SMARTS) is 1. The van der Waals surface area contributed by atoms with Crippen molar-refractivity contribution in [2.24, 2.45) is 0 Å². The number of carbonyl (C=O) groups is 2. The monoisotopic (exact) mass is 253 g/mol. The van der Waals surface area contributed by atoms with Gasteiger partial charge in [-0.3, -0.25) is 4.79 Å². The van der Waals surface area contributed by atoms with Crippen molar-refractivity contribution in [1.82, 2.24) is 20.6 Å². The second-order valence-corrected chi connectivity index (χ2v) is 4.00. The number of anilines is 1. The first kappa shape index (κ1) is 11.2. The van der Waals surface area contributed by atoms with Crippen LogP contribution >= 0.6 is 11.3 Å². The summed E-state index contributed by atoms with van der Waals surface area (Å²) in [6, 6.07) is 0. The Morgan fingerprint density at radius 1 is 1.53 bits per heavy atom. The Labute approximate surface area is 98.7 Å². The second kappa shape index (κ2) is 4.29. The van der Waals surface area contributed by atoms with E-state index in [0.717, 1.165) is 11.3 Å². The van der Waals surface area contributed by atoms with Crippen LogP contribution in [0.15, 0.2) is 5.38 Å². The Hall–Kier alpha value is -2.29. The molecule has 0 aliphatic carbocycles. The predicted octanol–water partition coefficient (Wildman–Crippen LogP) is 0.520. The van der Waals surface area contributed by atoms with E-state index in [4.69, 9.17) is 5.11 Å². The zero-order valence-corrected chi connectivity index (χ0v) is 9.41. The van der Waals surface area contributed by atoms with Crippen molar-refractivity contribution in [3.8, 4) is 0 Å². The summed E-state index contributed by atoms with van der Waals surface area (Å²) in [6.45, 7) is 1.70.